The van der Waals surface area contributed by atoms with E-state index in [-0.39, 0.29) is 26.9 Å². The summed E-state index contributed by atoms with van der Waals surface area (Å²) in [5.41, 5.74) is 1.16. The summed E-state index contributed by atoms with van der Waals surface area (Å²) in [6.45, 7) is 4.20. The van der Waals surface area contributed by atoms with Crippen LogP contribution in [-0.4, -0.2) is 54.5 Å². The molecule has 2 aromatic carbocycles. The topological polar surface area (TPSA) is 132 Å². The number of benzene rings is 2. The van der Waals surface area contributed by atoms with E-state index in [4.69, 9.17) is 14.2 Å². The van der Waals surface area contributed by atoms with Crippen LogP contribution in [0.3, 0.4) is 0 Å². The summed E-state index contributed by atoms with van der Waals surface area (Å²) in [5, 5.41) is 11.4. The Bertz CT molecular complexity index is 1470. The number of aliphatic hydroxyl groups is 1. The quantitative estimate of drug-likeness (QED) is 0.128. The van der Waals surface area contributed by atoms with E-state index in [1.54, 1.807) is 43.3 Å². The average Bonchev–Trinajstić information content (AvgIpc) is 3.48. The molecule has 4 rings (SSSR count). The summed E-state index contributed by atoms with van der Waals surface area (Å²) in [6, 6.07) is 11.6. The first-order valence-corrected chi connectivity index (χ1v) is 13.3. The van der Waals surface area contributed by atoms with Gasteiger partial charge < -0.3 is 19.3 Å². The molecule has 1 N–H and O–H groups in total. The van der Waals surface area contributed by atoms with Crippen molar-refractivity contribution in [1.82, 2.24) is 4.98 Å². The highest BCUT2D eigenvalue weighted by Gasteiger charge is 2.48. The number of methoxy groups -OCH3 is 2. The second kappa shape index (κ2) is 12.1. The maximum Gasteiger partial charge on any atom is 0.350 e. The number of hydrogen-bond acceptors (Lipinski definition) is 10. The molecule has 2 heterocycles. The maximum atomic E-state index is 13.4. The van der Waals surface area contributed by atoms with E-state index in [1.165, 1.54) is 26.4 Å². The van der Waals surface area contributed by atoms with Gasteiger partial charge in [-0.1, -0.05) is 36.8 Å². The number of unbranched alkanes of at least 4 members (excludes halogenated alkanes) is 1. The number of ether oxygens (including phenoxy) is 3. The Labute approximate surface area is 234 Å². The highest BCUT2D eigenvalue weighted by atomic mass is 32.1. The van der Waals surface area contributed by atoms with E-state index < -0.39 is 29.7 Å². The summed E-state index contributed by atoms with van der Waals surface area (Å²) in [6.07, 6.45) is 1.88. The predicted molar refractivity (Wildman–Crippen MR) is 148 cm³/mol. The van der Waals surface area contributed by atoms with Gasteiger partial charge >= 0.3 is 17.8 Å². The smallest absolute Gasteiger partial charge is 0.350 e. The second-order valence-electron chi connectivity index (χ2n) is 8.91. The first-order chi connectivity index (χ1) is 19.2. The van der Waals surface area contributed by atoms with Crippen LogP contribution in [0.1, 0.15) is 62.7 Å². The summed E-state index contributed by atoms with van der Waals surface area (Å²) >= 11 is 0.899. The molecule has 10 nitrogen and oxygen atoms in total. The van der Waals surface area contributed by atoms with Gasteiger partial charge in [-0.15, -0.1) is 0 Å². The summed E-state index contributed by atoms with van der Waals surface area (Å²) in [4.78, 5) is 56.7. The lowest BCUT2D eigenvalue weighted by atomic mass is 9.94. The van der Waals surface area contributed by atoms with Crippen LogP contribution in [0.15, 0.2) is 54.1 Å². The largest absolute Gasteiger partial charge is 0.507 e. The number of anilines is 1. The fraction of sp³-hybridized carbons (Fsp3) is 0.276. The van der Waals surface area contributed by atoms with E-state index in [2.05, 4.69) is 11.9 Å². The zero-order chi connectivity index (χ0) is 29.0. The van der Waals surface area contributed by atoms with Gasteiger partial charge in [-0.2, -0.15) is 0 Å². The number of aromatic nitrogens is 1. The van der Waals surface area contributed by atoms with Crippen LogP contribution in [0.25, 0.3) is 5.76 Å². The van der Waals surface area contributed by atoms with Crippen molar-refractivity contribution >= 4 is 45.9 Å². The highest BCUT2D eigenvalue weighted by Crippen LogP contribution is 2.44. The lowest BCUT2D eigenvalue weighted by molar-refractivity contribution is -0.132. The van der Waals surface area contributed by atoms with Gasteiger partial charge in [0.2, 0.25) is 0 Å². The van der Waals surface area contributed by atoms with Crippen LogP contribution in [0.2, 0.25) is 0 Å². The molecule has 0 radical (unpaired) electrons. The molecule has 1 aliphatic rings. The second-order valence-corrected chi connectivity index (χ2v) is 9.89. The molecule has 1 amide bonds. The highest BCUT2D eigenvalue weighted by molar-refractivity contribution is 7.17. The summed E-state index contributed by atoms with van der Waals surface area (Å²) < 4.78 is 15.3. The van der Waals surface area contributed by atoms with E-state index in [0.29, 0.717) is 29.2 Å². The Hall–Kier alpha value is -4.51. The van der Waals surface area contributed by atoms with Crippen molar-refractivity contribution in [2.45, 2.75) is 32.7 Å². The number of ketones is 1. The fourth-order valence-corrected chi connectivity index (χ4v) is 5.24. The number of esters is 2. The summed E-state index contributed by atoms with van der Waals surface area (Å²) in [7, 11) is 2.49. The Morgan fingerprint density at radius 1 is 0.975 bits per heavy atom. The van der Waals surface area contributed by atoms with E-state index in [0.717, 1.165) is 29.1 Å². The number of carbonyl (C=O) groups excluding carboxylic acids is 4. The SMILES string of the molecule is CCCCOc1ccc(C(O)=C2C(=O)C(=O)N(c3nc(C)c(C(=O)OC)s3)C2c2ccc(C(=O)OC)cc2)cc1. The zero-order valence-electron chi connectivity index (χ0n) is 22.4. The van der Waals surface area contributed by atoms with Gasteiger partial charge in [0.15, 0.2) is 5.13 Å². The van der Waals surface area contributed by atoms with E-state index in [1.807, 2.05) is 0 Å². The molecule has 1 saturated heterocycles. The molecule has 40 heavy (non-hydrogen) atoms. The Kier molecular flexibility index (Phi) is 8.64. The Morgan fingerprint density at radius 3 is 2.20 bits per heavy atom. The van der Waals surface area contributed by atoms with Crippen LogP contribution >= 0.6 is 11.3 Å². The van der Waals surface area contributed by atoms with Crippen LogP contribution < -0.4 is 9.64 Å². The minimum absolute atomic E-state index is 0.0840. The molecule has 0 bridgehead atoms. The minimum atomic E-state index is -1.09. The standard InChI is InChI=1S/C29H28N2O8S/c1-5-6-15-39-20-13-11-18(12-14-20)23(32)21-22(17-7-9-19(10-8-17)27(35)37-3)31(26(34)24(21)33)29-30-16(2)25(40-29)28(36)38-4/h7-14,22,32H,5-6,15H2,1-4H3. The van der Waals surface area contributed by atoms with Gasteiger partial charge in [0, 0.05) is 5.56 Å². The number of aliphatic hydroxyl groups excluding tert-OH is 1. The van der Waals surface area contributed by atoms with E-state index in [9.17, 15) is 24.3 Å². The molecule has 3 aromatic rings. The van der Waals surface area contributed by atoms with Gasteiger partial charge in [0.25, 0.3) is 5.78 Å². The molecule has 1 atom stereocenters. The number of nitrogens with zero attached hydrogens (tertiary/aromatic N) is 2. The molecule has 1 aliphatic heterocycles. The molecule has 0 aliphatic carbocycles. The van der Waals surface area contributed by atoms with Gasteiger partial charge in [0.05, 0.1) is 43.7 Å². The normalized spacial score (nSPS) is 16.2. The molecule has 208 valence electrons. The van der Waals surface area contributed by atoms with Gasteiger partial charge in [-0.3, -0.25) is 14.5 Å². The minimum Gasteiger partial charge on any atom is -0.507 e. The zero-order valence-corrected chi connectivity index (χ0v) is 23.2. The average molecular weight is 565 g/mol. The maximum absolute atomic E-state index is 13.4. The van der Waals surface area contributed by atoms with Crippen LogP contribution in [-0.2, 0) is 19.1 Å². The number of Topliss-reactive ketones (excluding diaryl/α,β-unsaturated/α-hetero) is 1. The van der Waals surface area contributed by atoms with Crippen molar-refractivity contribution in [3.63, 3.8) is 0 Å². The molecule has 1 fully saturated rings. The van der Waals surface area contributed by atoms with Crippen molar-refractivity contribution in [3.8, 4) is 5.75 Å². The number of carbonyl (C=O) groups is 4. The van der Waals surface area contributed by atoms with Crippen LogP contribution in [0.4, 0.5) is 5.13 Å². The van der Waals surface area contributed by atoms with Crippen molar-refractivity contribution in [1.29, 1.82) is 0 Å². The van der Waals surface area contributed by atoms with Gasteiger partial charge in [-0.05, 0) is 55.3 Å². The Morgan fingerprint density at radius 2 is 1.60 bits per heavy atom. The van der Waals surface area contributed by atoms with Crippen molar-refractivity contribution in [3.05, 3.63) is 81.4 Å². The fourth-order valence-electron chi connectivity index (χ4n) is 4.23. The predicted octanol–water partition coefficient (Wildman–Crippen LogP) is 4.83. The molecule has 1 aromatic heterocycles. The van der Waals surface area contributed by atoms with Crippen molar-refractivity contribution < 1.29 is 38.5 Å². The lowest BCUT2D eigenvalue weighted by Gasteiger charge is -2.23. The Balaban J connectivity index is 1.83. The molecular formula is C29H28N2O8S. The van der Waals surface area contributed by atoms with E-state index >= 15 is 0 Å². The van der Waals surface area contributed by atoms with Gasteiger partial charge in [0.1, 0.15) is 16.4 Å². The number of thiazole rings is 1. The van der Waals surface area contributed by atoms with Crippen LogP contribution in [0, 0.1) is 6.92 Å². The number of rotatable bonds is 9. The third-order valence-electron chi connectivity index (χ3n) is 6.35. The number of hydrogen-bond donors (Lipinski definition) is 1. The first-order valence-electron chi connectivity index (χ1n) is 12.5. The monoisotopic (exact) mass is 564 g/mol. The number of aryl methyl sites for hydroxylation is 1. The number of amides is 1. The summed E-state index contributed by atoms with van der Waals surface area (Å²) in [5.74, 6) is -2.81. The lowest BCUT2D eigenvalue weighted by Crippen LogP contribution is -2.29. The van der Waals surface area contributed by atoms with Crippen molar-refractivity contribution in [2.75, 3.05) is 25.7 Å². The molecule has 0 saturated carbocycles. The van der Waals surface area contributed by atoms with Gasteiger partial charge in [-0.25, -0.2) is 14.6 Å². The molecule has 0 spiro atoms. The third-order valence-corrected chi connectivity index (χ3v) is 7.49. The molecular weight excluding hydrogens is 536 g/mol. The van der Waals surface area contributed by atoms with Crippen LogP contribution in [0.5, 0.6) is 5.75 Å². The van der Waals surface area contributed by atoms with Crippen molar-refractivity contribution in [2.24, 2.45) is 0 Å². The third kappa shape index (κ3) is 5.46. The molecule has 1 unspecified atom stereocenters. The first kappa shape index (κ1) is 28.5. The molecule has 11 heteroatoms.